The second-order valence-corrected chi connectivity index (χ2v) is 4.66. The first-order valence-corrected chi connectivity index (χ1v) is 7.01. The SMILES string of the molecule is O=C(CNCCCOCCO)N1CCCCCC1. The van der Waals surface area contributed by atoms with E-state index in [4.69, 9.17) is 9.84 Å². The monoisotopic (exact) mass is 258 g/mol. The van der Waals surface area contributed by atoms with E-state index in [1.54, 1.807) is 0 Å². The van der Waals surface area contributed by atoms with Gasteiger partial charge in [0, 0.05) is 19.7 Å². The number of ether oxygens (including phenoxy) is 1. The van der Waals surface area contributed by atoms with E-state index in [9.17, 15) is 4.79 Å². The van der Waals surface area contributed by atoms with Crippen LogP contribution < -0.4 is 5.32 Å². The Kier molecular flexibility index (Phi) is 8.81. The molecule has 5 nitrogen and oxygen atoms in total. The van der Waals surface area contributed by atoms with E-state index >= 15 is 0 Å². The van der Waals surface area contributed by atoms with Crippen LogP contribution in [0.1, 0.15) is 32.1 Å². The van der Waals surface area contributed by atoms with Gasteiger partial charge in [-0.25, -0.2) is 0 Å². The van der Waals surface area contributed by atoms with Crippen LogP contribution in [0.15, 0.2) is 0 Å². The molecule has 1 amide bonds. The zero-order valence-corrected chi connectivity index (χ0v) is 11.2. The number of likely N-dealkylation sites (tertiary alicyclic amines) is 1. The van der Waals surface area contributed by atoms with Gasteiger partial charge >= 0.3 is 0 Å². The zero-order chi connectivity index (χ0) is 13.1. The second-order valence-electron chi connectivity index (χ2n) is 4.66. The number of aliphatic hydroxyl groups is 1. The third kappa shape index (κ3) is 6.93. The van der Waals surface area contributed by atoms with Gasteiger partial charge in [0.1, 0.15) is 0 Å². The van der Waals surface area contributed by atoms with Gasteiger partial charge in [0.2, 0.25) is 5.91 Å². The third-order valence-corrected chi connectivity index (χ3v) is 3.11. The van der Waals surface area contributed by atoms with Crippen LogP contribution in [0.5, 0.6) is 0 Å². The fourth-order valence-electron chi connectivity index (χ4n) is 2.09. The Labute approximate surface area is 109 Å². The minimum Gasteiger partial charge on any atom is -0.394 e. The molecule has 18 heavy (non-hydrogen) atoms. The number of rotatable bonds is 8. The van der Waals surface area contributed by atoms with Gasteiger partial charge in [-0.3, -0.25) is 4.79 Å². The van der Waals surface area contributed by atoms with Crippen molar-refractivity contribution in [3.63, 3.8) is 0 Å². The summed E-state index contributed by atoms with van der Waals surface area (Å²) in [6.45, 7) is 4.14. The Morgan fingerprint density at radius 3 is 2.56 bits per heavy atom. The second kappa shape index (κ2) is 10.3. The van der Waals surface area contributed by atoms with Crippen LogP contribution in [-0.2, 0) is 9.53 Å². The number of hydrogen-bond donors (Lipinski definition) is 2. The number of hydrogen-bond acceptors (Lipinski definition) is 4. The Balaban J connectivity index is 1.98. The number of carbonyl (C=O) groups is 1. The summed E-state index contributed by atoms with van der Waals surface area (Å²) < 4.78 is 5.14. The molecule has 0 bridgehead atoms. The number of aliphatic hydroxyl groups excluding tert-OH is 1. The molecule has 5 heteroatoms. The molecule has 0 spiro atoms. The highest BCUT2D eigenvalue weighted by atomic mass is 16.5. The number of nitrogens with zero attached hydrogens (tertiary/aromatic N) is 1. The van der Waals surface area contributed by atoms with Gasteiger partial charge in [-0.15, -0.1) is 0 Å². The quantitative estimate of drug-likeness (QED) is 0.618. The van der Waals surface area contributed by atoms with E-state index < -0.39 is 0 Å². The van der Waals surface area contributed by atoms with Crippen molar-refractivity contribution in [3.8, 4) is 0 Å². The predicted molar refractivity (Wildman–Crippen MR) is 70.4 cm³/mol. The van der Waals surface area contributed by atoms with E-state index in [0.29, 0.717) is 19.8 Å². The molecule has 0 aliphatic carbocycles. The van der Waals surface area contributed by atoms with E-state index in [2.05, 4.69) is 5.32 Å². The number of carbonyl (C=O) groups excluding carboxylic acids is 1. The first kappa shape index (κ1) is 15.4. The maximum atomic E-state index is 11.9. The van der Waals surface area contributed by atoms with Gasteiger partial charge in [0.25, 0.3) is 0 Å². The van der Waals surface area contributed by atoms with Crippen LogP contribution in [0.25, 0.3) is 0 Å². The smallest absolute Gasteiger partial charge is 0.236 e. The van der Waals surface area contributed by atoms with Crippen LogP contribution in [0.2, 0.25) is 0 Å². The van der Waals surface area contributed by atoms with Gasteiger partial charge in [0.05, 0.1) is 19.8 Å². The van der Waals surface area contributed by atoms with Crippen molar-refractivity contribution in [1.29, 1.82) is 0 Å². The van der Waals surface area contributed by atoms with Gasteiger partial charge < -0.3 is 20.1 Å². The minimum absolute atomic E-state index is 0.0703. The fourth-order valence-corrected chi connectivity index (χ4v) is 2.09. The third-order valence-electron chi connectivity index (χ3n) is 3.11. The molecule has 0 aromatic heterocycles. The molecule has 1 saturated heterocycles. The summed E-state index contributed by atoms with van der Waals surface area (Å²) in [6, 6.07) is 0. The standard InChI is InChI=1S/C13H26N2O3/c16-9-11-18-10-5-6-14-12-13(17)15-7-3-1-2-4-8-15/h14,16H,1-12H2. The molecule has 1 rings (SSSR count). The van der Waals surface area contributed by atoms with Gasteiger partial charge in [-0.1, -0.05) is 12.8 Å². The summed E-state index contributed by atoms with van der Waals surface area (Å²) >= 11 is 0. The molecule has 1 aliphatic rings. The van der Waals surface area contributed by atoms with Crippen molar-refractivity contribution < 1.29 is 14.6 Å². The predicted octanol–water partition coefficient (Wildman–Crippen LogP) is 0.378. The van der Waals surface area contributed by atoms with Crippen LogP contribution >= 0.6 is 0 Å². The lowest BCUT2D eigenvalue weighted by Crippen LogP contribution is -2.39. The Morgan fingerprint density at radius 2 is 1.89 bits per heavy atom. The normalized spacial score (nSPS) is 16.6. The molecule has 1 fully saturated rings. The first-order valence-electron chi connectivity index (χ1n) is 7.01. The van der Waals surface area contributed by atoms with Crippen molar-refractivity contribution >= 4 is 5.91 Å². The lowest BCUT2D eigenvalue weighted by atomic mass is 10.2. The molecule has 0 saturated carbocycles. The molecule has 0 aromatic carbocycles. The lowest BCUT2D eigenvalue weighted by Gasteiger charge is -2.20. The van der Waals surface area contributed by atoms with Crippen molar-refractivity contribution in [1.82, 2.24) is 10.2 Å². The van der Waals surface area contributed by atoms with Crippen molar-refractivity contribution in [3.05, 3.63) is 0 Å². The average Bonchev–Trinajstić information content (AvgIpc) is 2.66. The van der Waals surface area contributed by atoms with E-state index in [1.807, 2.05) is 4.90 Å². The molecule has 2 N–H and O–H groups in total. The highest BCUT2D eigenvalue weighted by molar-refractivity contribution is 5.78. The van der Waals surface area contributed by atoms with Crippen LogP contribution in [0, 0.1) is 0 Å². The Morgan fingerprint density at radius 1 is 1.17 bits per heavy atom. The highest BCUT2D eigenvalue weighted by Crippen LogP contribution is 2.09. The van der Waals surface area contributed by atoms with Crippen LogP contribution in [0.3, 0.4) is 0 Å². The summed E-state index contributed by atoms with van der Waals surface area (Å²) in [6.07, 6.45) is 5.65. The Hall–Kier alpha value is -0.650. The molecule has 0 atom stereocenters. The molecule has 1 aliphatic heterocycles. The van der Waals surface area contributed by atoms with Gasteiger partial charge in [-0.2, -0.15) is 0 Å². The summed E-state index contributed by atoms with van der Waals surface area (Å²) in [7, 11) is 0. The number of nitrogens with one attached hydrogen (secondary N) is 1. The van der Waals surface area contributed by atoms with Crippen molar-refractivity contribution in [2.24, 2.45) is 0 Å². The topological polar surface area (TPSA) is 61.8 Å². The summed E-state index contributed by atoms with van der Waals surface area (Å²) in [5, 5.41) is 11.7. The molecule has 0 unspecified atom stereocenters. The molecule has 1 heterocycles. The fraction of sp³-hybridized carbons (Fsp3) is 0.923. The average molecular weight is 258 g/mol. The summed E-state index contributed by atoms with van der Waals surface area (Å²) in [4.78, 5) is 13.9. The maximum Gasteiger partial charge on any atom is 0.236 e. The lowest BCUT2D eigenvalue weighted by molar-refractivity contribution is -0.130. The van der Waals surface area contributed by atoms with Gasteiger partial charge in [-0.05, 0) is 25.8 Å². The van der Waals surface area contributed by atoms with Crippen molar-refractivity contribution in [2.75, 3.05) is 46.0 Å². The molecule has 0 radical (unpaired) electrons. The van der Waals surface area contributed by atoms with Crippen LogP contribution in [-0.4, -0.2) is 61.9 Å². The maximum absolute atomic E-state index is 11.9. The largest absolute Gasteiger partial charge is 0.394 e. The van der Waals surface area contributed by atoms with Gasteiger partial charge in [0.15, 0.2) is 0 Å². The van der Waals surface area contributed by atoms with Crippen molar-refractivity contribution in [2.45, 2.75) is 32.1 Å². The minimum atomic E-state index is 0.0703. The summed E-state index contributed by atoms with van der Waals surface area (Å²) in [5.41, 5.74) is 0. The Bertz CT molecular complexity index is 216. The van der Waals surface area contributed by atoms with E-state index in [-0.39, 0.29) is 12.5 Å². The van der Waals surface area contributed by atoms with Crippen LogP contribution in [0.4, 0.5) is 0 Å². The molecule has 106 valence electrons. The molecular weight excluding hydrogens is 232 g/mol. The summed E-state index contributed by atoms with van der Waals surface area (Å²) in [5.74, 6) is 0.216. The number of amides is 1. The highest BCUT2D eigenvalue weighted by Gasteiger charge is 2.14. The zero-order valence-electron chi connectivity index (χ0n) is 11.2. The molecule has 0 aromatic rings. The van der Waals surface area contributed by atoms with E-state index in [1.165, 1.54) is 12.8 Å². The van der Waals surface area contributed by atoms with E-state index in [0.717, 1.165) is 38.9 Å². The molecular formula is C13H26N2O3. The first-order chi connectivity index (χ1) is 8.84.